The summed E-state index contributed by atoms with van der Waals surface area (Å²) in [5.41, 5.74) is 1.00. The van der Waals surface area contributed by atoms with Gasteiger partial charge in [0.1, 0.15) is 12.2 Å². The molecule has 1 aromatic heterocycles. The molecule has 0 aliphatic rings. The number of ether oxygens (including phenoxy) is 2. The van der Waals surface area contributed by atoms with Gasteiger partial charge in [-0.3, -0.25) is 4.68 Å². The standard InChI is InChI=1S/C16H23BrN6O2.HI/c1-5-18-16(20-9-14-21-10-22-23(14)2)19-8-11-6-12(17)15(25-4)13(7-11)24-3;/h6-7,10H,5,8-9H2,1-4H3,(H2,18,19,20);1H. The molecule has 0 aliphatic heterocycles. The Labute approximate surface area is 178 Å². The van der Waals surface area contributed by atoms with E-state index in [1.807, 2.05) is 26.1 Å². The van der Waals surface area contributed by atoms with E-state index in [0.717, 1.165) is 22.4 Å². The Bertz CT molecular complexity index is 738. The summed E-state index contributed by atoms with van der Waals surface area (Å²) in [5.74, 6) is 2.87. The van der Waals surface area contributed by atoms with Gasteiger partial charge in [-0.15, -0.1) is 24.0 Å². The third kappa shape index (κ3) is 6.01. The molecule has 0 spiro atoms. The average Bonchev–Trinajstić information content (AvgIpc) is 3.01. The number of aromatic nitrogens is 3. The van der Waals surface area contributed by atoms with E-state index in [-0.39, 0.29) is 24.0 Å². The Balaban J connectivity index is 0.00000338. The lowest BCUT2D eigenvalue weighted by Gasteiger charge is -2.13. The predicted molar refractivity (Wildman–Crippen MR) is 115 cm³/mol. The number of rotatable bonds is 7. The summed E-state index contributed by atoms with van der Waals surface area (Å²) in [6, 6.07) is 3.89. The number of halogens is 2. The van der Waals surface area contributed by atoms with Gasteiger partial charge in [0, 0.05) is 13.6 Å². The van der Waals surface area contributed by atoms with Gasteiger partial charge in [0.15, 0.2) is 17.5 Å². The summed E-state index contributed by atoms with van der Waals surface area (Å²) in [5, 5.41) is 10.5. The molecule has 2 rings (SSSR count). The highest BCUT2D eigenvalue weighted by Gasteiger charge is 2.10. The second-order valence-corrected chi connectivity index (χ2v) is 6.02. The van der Waals surface area contributed by atoms with E-state index >= 15 is 0 Å². The first-order valence-electron chi connectivity index (χ1n) is 7.84. The van der Waals surface area contributed by atoms with E-state index in [1.54, 1.807) is 18.9 Å². The number of methoxy groups -OCH3 is 2. The molecule has 2 aromatic rings. The summed E-state index contributed by atoms with van der Waals surface area (Å²) < 4.78 is 13.3. The van der Waals surface area contributed by atoms with E-state index in [1.165, 1.54) is 6.33 Å². The highest BCUT2D eigenvalue weighted by atomic mass is 127. The minimum Gasteiger partial charge on any atom is -0.493 e. The van der Waals surface area contributed by atoms with Crippen molar-refractivity contribution in [1.82, 2.24) is 25.4 Å². The second kappa shape index (κ2) is 11.2. The summed E-state index contributed by atoms with van der Waals surface area (Å²) in [6.07, 6.45) is 1.53. The van der Waals surface area contributed by atoms with Crippen LogP contribution in [0.2, 0.25) is 0 Å². The number of aryl methyl sites for hydroxylation is 1. The van der Waals surface area contributed by atoms with E-state index in [9.17, 15) is 0 Å². The first kappa shape index (κ1) is 22.5. The van der Waals surface area contributed by atoms with E-state index in [0.29, 0.717) is 30.5 Å². The highest BCUT2D eigenvalue weighted by molar-refractivity contribution is 14.0. The van der Waals surface area contributed by atoms with Crippen molar-refractivity contribution >= 4 is 45.9 Å². The molecule has 0 amide bonds. The van der Waals surface area contributed by atoms with Crippen LogP contribution in [-0.4, -0.2) is 41.5 Å². The molecule has 10 heteroatoms. The zero-order valence-electron chi connectivity index (χ0n) is 15.2. The monoisotopic (exact) mass is 538 g/mol. The van der Waals surface area contributed by atoms with Crippen molar-refractivity contribution in [2.45, 2.75) is 20.0 Å². The molecule has 26 heavy (non-hydrogen) atoms. The third-order valence-electron chi connectivity index (χ3n) is 3.48. The van der Waals surface area contributed by atoms with Crippen LogP contribution in [0.5, 0.6) is 11.5 Å². The van der Waals surface area contributed by atoms with Crippen molar-refractivity contribution in [2.75, 3.05) is 20.8 Å². The van der Waals surface area contributed by atoms with Crippen molar-refractivity contribution in [3.63, 3.8) is 0 Å². The van der Waals surface area contributed by atoms with Crippen molar-refractivity contribution in [3.05, 3.63) is 34.3 Å². The Morgan fingerprint density at radius 2 is 2.04 bits per heavy atom. The molecule has 0 unspecified atom stereocenters. The Morgan fingerprint density at radius 3 is 2.62 bits per heavy atom. The van der Waals surface area contributed by atoms with Gasteiger partial charge in [0.2, 0.25) is 0 Å². The maximum Gasteiger partial charge on any atom is 0.191 e. The Hall–Kier alpha value is -1.56. The van der Waals surface area contributed by atoms with Gasteiger partial charge in [-0.05, 0) is 40.5 Å². The summed E-state index contributed by atoms with van der Waals surface area (Å²) in [4.78, 5) is 8.79. The largest absolute Gasteiger partial charge is 0.493 e. The van der Waals surface area contributed by atoms with Crippen LogP contribution in [0.25, 0.3) is 0 Å². The van der Waals surface area contributed by atoms with E-state index < -0.39 is 0 Å². The van der Waals surface area contributed by atoms with Gasteiger partial charge in [-0.25, -0.2) is 9.98 Å². The molecule has 0 radical (unpaired) electrons. The fourth-order valence-electron chi connectivity index (χ4n) is 2.22. The highest BCUT2D eigenvalue weighted by Crippen LogP contribution is 2.36. The minimum atomic E-state index is 0. The molecule has 0 saturated heterocycles. The molecule has 0 fully saturated rings. The van der Waals surface area contributed by atoms with Crippen molar-refractivity contribution in [1.29, 1.82) is 0 Å². The number of hydrogen-bond acceptors (Lipinski definition) is 5. The third-order valence-corrected chi connectivity index (χ3v) is 4.07. The second-order valence-electron chi connectivity index (χ2n) is 5.16. The lowest BCUT2D eigenvalue weighted by atomic mass is 10.2. The summed E-state index contributed by atoms with van der Waals surface area (Å²) >= 11 is 3.50. The molecule has 0 aliphatic carbocycles. The van der Waals surface area contributed by atoms with E-state index in [2.05, 4.69) is 41.6 Å². The fraction of sp³-hybridized carbons (Fsp3) is 0.438. The van der Waals surface area contributed by atoms with Gasteiger partial charge in [-0.1, -0.05) is 0 Å². The molecular weight excluding hydrogens is 515 g/mol. The zero-order valence-corrected chi connectivity index (χ0v) is 19.2. The molecule has 8 nitrogen and oxygen atoms in total. The van der Waals surface area contributed by atoms with Crippen LogP contribution >= 0.6 is 39.9 Å². The zero-order chi connectivity index (χ0) is 18.2. The van der Waals surface area contributed by atoms with Gasteiger partial charge >= 0.3 is 0 Å². The van der Waals surface area contributed by atoms with Crippen LogP contribution in [0.3, 0.4) is 0 Å². The van der Waals surface area contributed by atoms with Gasteiger partial charge in [0.05, 0.1) is 31.8 Å². The van der Waals surface area contributed by atoms with Crippen LogP contribution in [0.4, 0.5) is 0 Å². The van der Waals surface area contributed by atoms with Crippen LogP contribution < -0.4 is 20.1 Å². The molecule has 1 heterocycles. The number of benzene rings is 1. The first-order valence-corrected chi connectivity index (χ1v) is 8.63. The lowest BCUT2D eigenvalue weighted by Crippen LogP contribution is -2.37. The Morgan fingerprint density at radius 1 is 1.27 bits per heavy atom. The molecule has 144 valence electrons. The number of aliphatic imine (C=N–C) groups is 1. The molecule has 2 N–H and O–H groups in total. The normalized spacial score (nSPS) is 10.9. The van der Waals surface area contributed by atoms with Crippen molar-refractivity contribution in [2.24, 2.45) is 12.0 Å². The van der Waals surface area contributed by atoms with Crippen LogP contribution in [0.1, 0.15) is 18.3 Å². The maximum atomic E-state index is 5.37. The van der Waals surface area contributed by atoms with Gasteiger partial charge < -0.3 is 20.1 Å². The molecular formula is C16H24BrIN6O2. The summed E-state index contributed by atoms with van der Waals surface area (Å²) in [7, 11) is 5.08. The number of guanidine groups is 1. The van der Waals surface area contributed by atoms with Crippen LogP contribution in [0, 0.1) is 0 Å². The Kier molecular flexibility index (Phi) is 9.70. The van der Waals surface area contributed by atoms with Gasteiger partial charge in [-0.2, -0.15) is 5.10 Å². The summed E-state index contributed by atoms with van der Waals surface area (Å²) in [6.45, 7) is 3.82. The molecule has 1 aromatic carbocycles. The lowest BCUT2D eigenvalue weighted by molar-refractivity contribution is 0.352. The maximum absolute atomic E-state index is 5.37. The van der Waals surface area contributed by atoms with Gasteiger partial charge in [0.25, 0.3) is 0 Å². The molecule has 0 bridgehead atoms. The SMILES string of the molecule is CCNC(=NCc1cc(Br)c(OC)c(OC)c1)NCc1ncnn1C.I. The minimum absolute atomic E-state index is 0. The quantitative estimate of drug-likeness (QED) is 0.320. The predicted octanol–water partition coefficient (Wildman–Crippen LogP) is 2.47. The molecule has 0 atom stereocenters. The number of nitrogens with zero attached hydrogens (tertiary/aromatic N) is 4. The van der Waals surface area contributed by atoms with E-state index in [4.69, 9.17) is 9.47 Å². The smallest absolute Gasteiger partial charge is 0.191 e. The topological polar surface area (TPSA) is 85.6 Å². The van der Waals surface area contributed by atoms with Crippen molar-refractivity contribution in [3.8, 4) is 11.5 Å². The van der Waals surface area contributed by atoms with Crippen LogP contribution in [0.15, 0.2) is 27.9 Å². The molecule has 0 saturated carbocycles. The van der Waals surface area contributed by atoms with Crippen LogP contribution in [-0.2, 0) is 20.1 Å². The number of hydrogen-bond donors (Lipinski definition) is 2. The van der Waals surface area contributed by atoms with Crippen molar-refractivity contribution < 1.29 is 9.47 Å². The first-order chi connectivity index (χ1) is 12.1. The fourth-order valence-corrected chi connectivity index (χ4v) is 2.87. The number of nitrogens with one attached hydrogen (secondary N) is 2. The average molecular weight is 539 g/mol.